The maximum Gasteiger partial charge on any atom is 0.329 e. The molecule has 0 bridgehead atoms. The molecule has 0 saturated heterocycles. The van der Waals surface area contributed by atoms with Gasteiger partial charge in [-0.05, 0) is 26.5 Å². The minimum atomic E-state index is -2.84. The van der Waals surface area contributed by atoms with Gasteiger partial charge in [-0.15, -0.1) is 0 Å². The van der Waals surface area contributed by atoms with Crippen molar-refractivity contribution in [1.82, 2.24) is 9.97 Å². The molecule has 0 amide bonds. The van der Waals surface area contributed by atoms with Crippen molar-refractivity contribution >= 4 is 11.8 Å². The Labute approximate surface area is 192 Å². The number of carboxylic acids is 1. The molecule has 0 aliphatic heterocycles. The van der Waals surface area contributed by atoms with E-state index in [4.69, 9.17) is 23.1 Å². The first kappa shape index (κ1) is 15.5. The molecular weight excluding hydrogens is 390 g/mol. The largest absolute Gasteiger partial charge is 0.480 e. The summed E-state index contributed by atoms with van der Waals surface area (Å²) < 4.78 is 53.1. The van der Waals surface area contributed by atoms with Crippen LogP contribution in [0.4, 0.5) is 5.82 Å². The van der Waals surface area contributed by atoms with E-state index in [2.05, 4.69) is 4.98 Å². The van der Waals surface area contributed by atoms with E-state index in [9.17, 15) is 4.79 Å². The zero-order chi connectivity index (χ0) is 27.1. The summed E-state index contributed by atoms with van der Waals surface area (Å²) in [7, 11) is 0. The van der Waals surface area contributed by atoms with Crippen LogP contribution in [0.5, 0.6) is 0 Å². The van der Waals surface area contributed by atoms with Gasteiger partial charge in [-0.2, -0.15) is 0 Å². The molecule has 0 fully saturated rings. The van der Waals surface area contributed by atoms with E-state index in [0.717, 1.165) is 11.1 Å². The van der Waals surface area contributed by atoms with E-state index in [1.165, 1.54) is 11.1 Å². The van der Waals surface area contributed by atoms with Gasteiger partial charge in [0.25, 0.3) is 0 Å². The fourth-order valence-electron chi connectivity index (χ4n) is 3.14. The molecular formula is C25H29N3O3. The maximum atomic E-state index is 10.6. The van der Waals surface area contributed by atoms with Crippen LogP contribution in [0.1, 0.15) is 34.8 Å². The lowest BCUT2D eigenvalue weighted by Crippen LogP contribution is -2.33. The molecule has 0 spiro atoms. The van der Waals surface area contributed by atoms with Gasteiger partial charge in [0.05, 0.1) is 17.6 Å². The molecule has 1 heterocycles. The van der Waals surface area contributed by atoms with Crippen molar-refractivity contribution in [2.75, 3.05) is 24.7 Å². The number of benzene rings is 2. The fourth-order valence-corrected chi connectivity index (χ4v) is 3.14. The summed E-state index contributed by atoms with van der Waals surface area (Å²) in [6, 6.07) is 16.9. The third-order valence-corrected chi connectivity index (χ3v) is 4.62. The van der Waals surface area contributed by atoms with Gasteiger partial charge in [0.1, 0.15) is 12.4 Å². The molecule has 0 aliphatic rings. The van der Waals surface area contributed by atoms with Crippen molar-refractivity contribution in [1.29, 1.82) is 0 Å². The van der Waals surface area contributed by atoms with Crippen LogP contribution in [-0.4, -0.2) is 46.8 Å². The number of aliphatic carboxylic acids is 1. The van der Waals surface area contributed by atoms with Crippen LogP contribution in [0, 0.1) is 0 Å². The highest BCUT2D eigenvalue weighted by Crippen LogP contribution is 2.30. The Morgan fingerprint density at radius 1 is 1.03 bits per heavy atom. The van der Waals surface area contributed by atoms with Gasteiger partial charge in [-0.3, -0.25) is 4.98 Å². The van der Waals surface area contributed by atoms with Crippen LogP contribution in [0.15, 0.2) is 66.9 Å². The SMILES string of the molecule is [2H]C([2H])([2H])C(N(CCCCOCC(=O)O)c1cnc(-c2ccccc2)c(-c2ccccc2)n1)C([2H])([2H])[2H]. The Kier molecular flexibility index (Phi) is 5.63. The Morgan fingerprint density at radius 3 is 2.29 bits per heavy atom. The topological polar surface area (TPSA) is 75.5 Å². The number of hydrogen-bond donors (Lipinski definition) is 1. The van der Waals surface area contributed by atoms with Gasteiger partial charge in [-0.25, -0.2) is 9.78 Å². The van der Waals surface area contributed by atoms with Gasteiger partial charge < -0.3 is 14.7 Å². The molecule has 162 valence electrons. The average molecular weight is 426 g/mol. The molecule has 31 heavy (non-hydrogen) atoms. The molecule has 6 nitrogen and oxygen atoms in total. The summed E-state index contributed by atoms with van der Waals surface area (Å²) in [5.41, 5.74) is 2.63. The molecule has 6 heteroatoms. The van der Waals surface area contributed by atoms with Crippen molar-refractivity contribution in [2.45, 2.75) is 32.6 Å². The summed E-state index contributed by atoms with van der Waals surface area (Å²) in [4.78, 5) is 21.3. The second-order valence-corrected chi connectivity index (χ2v) is 6.91. The Bertz CT molecular complexity index is 1140. The van der Waals surface area contributed by atoms with Crippen molar-refractivity contribution in [3.63, 3.8) is 0 Å². The van der Waals surface area contributed by atoms with E-state index < -0.39 is 32.3 Å². The molecule has 1 N–H and O–H groups in total. The maximum absolute atomic E-state index is 10.6. The van der Waals surface area contributed by atoms with Gasteiger partial charge >= 0.3 is 5.97 Å². The first-order valence-corrected chi connectivity index (χ1v) is 10.0. The van der Waals surface area contributed by atoms with Crippen LogP contribution in [0.2, 0.25) is 0 Å². The van der Waals surface area contributed by atoms with E-state index in [0.29, 0.717) is 24.2 Å². The number of aromatic nitrogens is 2. The van der Waals surface area contributed by atoms with Gasteiger partial charge in [0, 0.05) is 38.5 Å². The van der Waals surface area contributed by atoms with Crippen molar-refractivity contribution in [3.8, 4) is 22.5 Å². The number of ether oxygens (including phenoxy) is 1. The molecule has 0 aliphatic carbocycles. The smallest absolute Gasteiger partial charge is 0.329 e. The number of anilines is 1. The first-order chi connectivity index (χ1) is 17.5. The van der Waals surface area contributed by atoms with Crippen LogP contribution in [0.25, 0.3) is 22.5 Å². The van der Waals surface area contributed by atoms with Gasteiger partial charge in [-0.1, -0.05) is 60.7 Å². The number of hydrogen-bond acceptors (Lipinski definition) is 5. The first-order valence-electron chi connectivity index (χ1n) is 13.0. The van der Waals surface area contributed by atoms with Crippen LogP contribution < -0.4 is 4.90 Å². The van der Waals surface area contributed by atoms with Crippen molar-refractivity contribution < 1.29 is 22.9 Å². The van der Waals surface area contributed by atoms with Crippen LogP contribution in [-0.2, 0) is 9.53 Å². The highest BCUT2D eigenvalue weighted by molar-refractivity contribution is 5.78. The van der Waals surface area contributed by atoms with Gasteiger partial charge in [0.15, 0.2) is 0 Å². The predicted octanol–water partition coefficient (Wildman–Crippen LogP) is 4.91. The third-order valence-electron chi connectivity index (χ3n) is 4.62. The molecule has 0 saturated carbocycles. The number of carbonyl (C=O) groups is 1. The summed E-state index contributed by atoms with van der Waals surface area (Å²) in [6.07, 6.45) is 2.16. The number of unbranched alkanes of at least 4 members (excludes halogenated alkanes) is 1. The number of rotatable bonds is 11. The van der Waals surface area contributed by atoms with E-state index in [-0.39, 0.29) is 19.0 Å². The highest BCUT2D eigenvalue weighted by Gasteiger charge is 2.17. The number of nitrogens with zero attached hydrogens (tertiary/aromatic N) is 3. The molecule has 3 aromatic rings. The molecule has 1 aromatic heterocycles. The quantitative estimate of drug-likeness (QED) is 0.440. The lowest BCUT2D eigenvalue weighted by atomic mass is 10.0. The Morgan fingerprint density at radius 2 is 1.68 bits per heavy atom. The lowest BCUT2D eigenvalue weighted by molar-refractivity contribution is -0.142. The molecule has 0 atom stereocenters. The fraction of sp³-hybridized carbons (Fsp3) is 0.320. The minimum Gasteiger partial charge on any atom is -0.480 e. The predicted molar refractivity (Wildman–Crippen MR) is 123 cm³/mol. The molecule has 2 aromatic carbocycles. The van der Waals surface area contributed by atoms with Crippen molar-refractivity contribution in [2.24, 2.45) is 0 Å². The van der Waals surface area contributed by atoms with E-state index in [1.807, 2.05) is 60.7 Å². The number of carboxylic acid groups (broad SMARTS) is 1. The zero-order valence-electron chi connectivity index (χ0n) is 23.1. The second kappa shape index (κ2) is 11.2. The summed E-state index contributed by atoms with van der Waals surface area (Å²) in [6.45, 7) is -5.93. The third kappa shape index (κ3) is 6.36. The van der Waals surface area contributed by atoms with Gasteiger partial charge in [0.2, 0.25) is 0 Å². The average Bonchev–Trinajstić information content (AvgIpc) is 2.84. The van der Waals surface area contributed by atoms with Crippen molar-refractivity contribution in [3.05, 3.63) is 66.9 Å². The zero-order valence-corrected chi connectivity index (χ0v) is 17.1. The Hall–Kier alpha value is -3.25. The monoisotopic (exact) mass is 425 g/mol. The minimum absolute atomic E-state index is 0.0471. The lowest BCUT2D eigenvalue weighted by Gasteiger charge is -2.28. The standard InChI is InChI=1S/C25H29N3O3/c1-19(2)28(15-9-10-16-31-18-23(29)30)22-17-26-24(20-11-5-3-6-12-20)25(27-22)21-13-7-4-8-14-21/h3-8,11-14,17,19H,9-10,15-16,18H2,1-2H3,(H,29,30)/i1D3,2D3. The summed E-state index contributed by atoms with van der Waals surface area (Å²) in [5.74, 6) is -0.962. The molecule has 3 rings (SSSR count). The summed E-state index contributed by atoms with van der Waals surface area (Å²) in [5, 5.41) is 8.71. The summed E-state index contributed by atoms with van der Waals surface area (Å²) >= 11 is 0. The van der Waals surface area contributed by atoms with E-state index in [1.54, 1.807) is 0 Å². The second-order valence-electron chi connectivity index (χ2n) is 6.91. The normalized spacial score (nSPS) is 14.6. The van der Waals surface area contributed by atoms with Crippen LogP contribution in [0.3, 0.4) is 0 Å². The molecule has 0 unspecified atom stereocenters. The van der Waals surface area contributed by atoms with E-state index >= 15 is 0 Å². The molecule has 0 radical (unpaired) electrons. The highest BCUT2D eigenvalue weighted by atomic mass is 16.5. The Balaban J connectivity index is 2.04. The van der Waals surface area contributed by atoms with Crippen LogP contribution >= 0.6 is 0 Å².